The van der Waals surface area contributed by atoms with Gasteiger partial charge in [-0.1, -0.05) is 53.7 Å². The minimum atomic E-state index is -0.122. The molecule has 3 aromatic rings. The van der Waals surface area contributed by atoms with Crippen molar-refractivity contribution in [3.63, 3.8) is 0 Å². The first kappa shape index (κ1) is 21.9. The van der Waals surface area contributed by atoms with E-state index in [0.29, 0.717) is 25.5 Å². The molecule has 7 heteroatoms. The standard InChI is InChI=1S/C24H26ClN3O2S/c1-18-4-2-3-5-21(18)28-13-12-26-23(28)31-16-22(29)27-17-24(10-14-30-15-11-24)19-6-8-20(25)9-7-19/h2-9,12-13H,10-11,14-17H2,1H3,(H,27,29). The number of hydrogen-bond acceptors (Lipinski definition) is 4. The lowest BCUT2D eigenvalue weighted by Crippen LogP contribution is -2.45. The number of imidazole rings is 1. The van der Waals surface area contributed by atoms with Gasteiger partial charge in [-0.15, -0.1) is 0 Å². The van der Waals surface area contributed by atoms with E-state index in [1.807, 2.05) is 35.0 Å². The molecular formula is C24H26ClN3O2S. The van der Waals surface area contributed by atoms with E-state index in [1.165, 1.54) is 17.3 Å². The van der Waals surface area contributed by atoms with Gasteiger partial charge in [0.15, 0.2) is 5.16 Å². The molecule has 0 aliphatic carbocycles. The maximum Gasteiger partial charge on any atom is 0.230 e. The number of benzene rings is 2. The summed E-state index contributed by atoms with van der Waals surface area (Å²) in [5.41, 5.74) is 3.31. The Kier molecular flexibility index (Phi) is 7.00. The molecule has 0 radical (unpaired) electrons. The van der Waals surface area contributed by atoms with E-state index in [1.54, 1.807) is 6.20 Å². The van der Waals surface area contributed by atoms with Gasteiger partial charge in [0.2, 0.25) is 5.91 Å². The van der Waals surface area contributed by atoms with Crippen LogP contribution in [-0.2, 0) is 14.9 Å². The quantitative estimate of drug-likeness (QED) is 0.520. The van der Waals surface area contributed by atoms with Gasteiger partial charge in [0.05, 0.1) is 11.4 Å². The van der Waals surface area contributed by atoms with E-state index < -0.39 is 0 Å². The van der Waals surface area contributed by atoms with Gasteiger partial charge in [0.1, 0.15) is 0 Å². The van der Waals surface area contributed by atoms with Gasteiger partial charge in [-0.2, -0.15) is 0 Å². The Bertz CT molecular complexity index is 1030. The highest BCUT2D eigenvalue weighted by molar-refractivity contribution is 7.99. The van der Waals surface area contributed by atoms with E-state index in [0.717, 1.165) is 34.3 Å². The number of ether oxygens (including phenoxy) is 1. The molecule has 31 heavy (non-hydrogen) atoms. The van der Waals surface area contributed by atoms with Crippen molar-refractivity contribution >= 4 is 29.3 Å². The van der Waals surface area contributed by atoms with Crippen molar-refractivity contribution in [3.8, 4) is 5.69 Å². The van der Waals surface area contributed by atoms with Crippen molar-refractivity contribution < 1.29 is 9.53 Å². The highest BCUT2D eigenvalue weighted by Crippen LogP contribution is 2.35. The number of amides is 1. The number of halogens is 1. The maximum atomic E-state index is 12.7. The number of thioether (sulfide) groups is 1. The van der Waals surface area contributed by atoms with Gasteiger partial charge in [0.25, 0.3) is 0 Å². The number of para-hydroxylation sites is 1. The summed E-state index contributed by atoms with van der Waals surface area (Å²) in [5.74, 6) is 0.319. The number of nitrogens with one attached hydrogen (secondary N) is 1. The van der Waals surface area contributed by atoms with Crippen LogP contribution in [0.5, 0.6) is 0 Å². The maximum absolute atomic E-state index is 12.7. The van der Waals surface area contributed by atoms with Crippen LogP contribution in [0.25, 0.3) is 5.69 Å². The first-order valence-corrected chi connectivity index (χ1v) is 11.8. The fraction of sp³-hybridized carbons (Fsp3) is 0.333. The zero-order chi connectivity index (χ0) is 21.7. The van der Waals surface area contributed by atoms with E-state index in [-0.39, 0.29) is 11.3 Å². The Labute approximate surface area is 192 Å². The van der Waals surface area contributed by atoms with Crippen LogP contribution >= 0.6 is 23.4 Å². The Morgan fingerprint density at radius 1 is 1.19 bits per heavy atom. The molecule has 0 spiro atoms. The summed E-state index contributed by atoms with van der Waals surface area (Å²) < 4.78 is 7.61. The first-order valence-electron chi connectivity index (χ1n) is 10.4. The van der Waals surface area contributed by atoms with Crippen LogP contribution in [0, 0.1) is 6.92 Å². The predicted molar refractivity (Wildman–Crippen MR) is 125 cm³/mol. The molecule has 0 bridgehead atoms. The van der Waals surface area contributed by atoms with Gasteiger partial charge in [-0.05, 0) is 49.1 Å². The minimum Gasteiger partial charge on any atom is -0.381 e. The highest BCUT2D eigenvalue weighted by Gasteiger charge is 2.34. The zero-order valence-electron chi connectivity index (χ0n) is 17.5. The molecule has 0 unspecified atom stereocenters. The number of carbonyl (C=O) groups is 1. The molecule has 1 aliphatic rings. The second-order valence-electron chi connectivity index (χ2n) is 7.83. The summed E-state index contributed by atoms with van der Waals surface area (Å²) in [5, 5.41) is 4.68. The average molecular weight is 456 g/mol. The van der Waals surface area contributed by atoms with Gasteiger partial charge >= 0.3 is 0 Å². The van der Waals surface area contributed by atoms with Gasteiger partial charge in [0, 0.05) is 42.6 Å². The highest BCUT2D eigenvalue weighted by atomic mass is 35.5. The lowest BCUT2D eigenvalue weighted by atomic mass is 9.74. The number of nitrogens with zero attached hydrogens (tertiary/aromatic N) is 2. The molecule has 0 saturated carbocycles. The van der Waals surface area contributed by atoms with Crippen LogP contribution in [0.1, 0.15) is 24.0 Å². The number of hydrogen-bond donors (Lipinski definition) is 1. The van der Waals surface area contributed by atoms with Crippen molar-refractivity contribution in [2.45, 2.75) is 30.3 Å². The van der Waals surface area contributed by atoms with Crippen molar-refractivity contribution in [1.82, 2.24) is 14.9 Å². The molecule has 2 heterocycles. The summed E-state index contributed by atoms with van der Waals surface area (Å²) in [6.45, 7) is 4.05. The third-order valence-electron chi connectivity index (χ3n) is 5.84. The summed E-state index contributed by atoms with van der Waals surface area (Å²) in [7, 11) is 0. The largest absolute Gasteiger partial charge is 0.381 e. The molecule has 4 rings (SSSR count). The Morgan fingerprint density at radius 2 is 1.94 bits per heavy atom. The monoisotopic (exact) mass is 455 g/mol. The first-order chi connectivity index (χ1) is 15.1. The van der Waals surface area contributed by atoms with Crippen LogP contribution in [0.3, 0.4) is 0 Å². The zero-order valence-corrected chi connectivity index (χ0v) is 19.1. The SMILES string of the molecule is Cc1ccccc1-n1ccnc1SCC(=O)NCC1(c2ccc(Cl)cc2)CCOCC1. The molecule has 1 fully saturated rings. The fourth-order valence-electron chi connectivity index (χ4n) is 4.00. The van der Waals surface area contributed by atoms with Crippen molar-refractivity contribution in [3.05, 3.63) is 77.1 Å². The topological polar surface area (TPSA) is 56.2 Å². The molecule has 1 amide bonds. The fourth-order valence-corrected chi connectivity index (χ4v) is 4.92. The summed E-state index contributed by atoms with van der Waals surface area (Å²) in [4.78, 5) is 17.1. The lowest BCUT2D eigenvalue weighted by Gasteiger charge is -2.38. The Hall–Kier alpha value is -2.28. The lowest BCUT2D eigenvalue weighted by molar-refractivity contribution is -0.119. The molecule has 1 aliphatic heterocycles. The van der Waals surface area contributed by atoms with E-state index in [9.17, 15) is 4.79 Å². The van der Waals surface area contributed by atoms with Gasteiger partial charge in [-0.25, -0.2) is 4.98 Å². The normalized spacial score (nSPS) is 15.5. The smallest absolute Gasteiger partial charge is 0.230 e. The number of carbonyl (C=O) groups excluding carboxylic acids is 1. The van der Waals surface area contributed by atoms with E-state index in [4.69, 9.17) is 16.3 Å². The third-order valence-corrected chi connectivity index (χ3v) is 7.06. The van der Waals surface area contributed by atoms with Crippen LogP contribution in [0.2, 0.25) is 5.02 Å². The van der Waals surface area contributed by atoms with E-state index >= 15 is 0 Å². The molecule has 2 aromatic carbocycles. The third kappa shape index (κ3) is 5.14. The second kappa shape index (κ2) is 9.90. The molecule has 1 aromatic heterocycles. The number of aryl methyl sites for hydroxylation is 1. The second-order valence-corrected chi connectivity index (χ2v) is 9.21. The van der Waals surface area contributed by atoms with Crippen molar-refractivity contribution in [2.24, 2.45) is 0 Å². The van der Waals surface area contributed by atoms with Crippen LogP contribution in [0.15, 0.2) is 66.1 Å². The van der Waals surface area contributed by atoms with E-state index in [2.05, 4.69) is 41.5 Å². The van der Waals surface area contributed by atoms with Gasteiger partial charge in [-0.3, -0.25) is 9.36 Å². The molecule has 1 saturated heterocycles. The molecular weight excluding hydrogens is 430 g/mol. The predicted octanol–water partition coefficient (Wildman–Crippen LogP) is 4.79. The Morgan fingerprint density at radius 3 is 2.68 bits per heavy atom. The molecule has 1 N–H and O–H groups in total. The molecule has 0 atom stereocenters. The average Bonchev–Trinajstić information content (AvgIpc) is 3.26. The van der Waals surface area contributed by atoms with Crippen molar-refractivity contribution in [2.75, 3.05) is 25.5 Å². The van der Waals surface area contributed by atoms with Crippen LogP contribution < -0.4 is 5.32 Å². The summed E-state index contributed by atoms with van der Waals surface area (Å²) >= 11 is 7.52. The number of aromatic nitrogens is 2. The Balaban J connectivity index is 1.40. The summed E-state index contributed by atoms with van der Waals surface area (Å²) in [6.07, 6.45) is 5.45. The number of rotatable bonds is 7. The molecule has 162 valence electrons. The van der Waals surface area contributed by atoms with Crippen LogP contribution in [-0.4, -0.2) is 41.0 Å². The minimum absolute atomic E-state index is 0.00386. The van der Waals surface area contributed by atoms with Gasteiger partial charge < -0.3 is 10.1 Å². The van der Waals surface area contributed by atoms with Crippen molar-refractivity contribution in [1.29, 1.82) is 0 Å². The molecule has 5 nitrogen and oxygen atoms in total. The van der Waals surface area contributed by atoms with Crippen LogP contribution in [0.4, 0.5) is 0 Å². The summed E-state index contributed by atoms with van der Waals surface area (Å²) in [6, 6.07) is 16.1.